The zero-order valence-electron chi connectivity index (χ0n) is 17.0. The lowest BCUT2D eigenvalue weighted by molar-refractivity contribution is -0.123. The lowest BCUT2D eigenvalue weighted by Crippen LogP contribution is -2.31. The molecule has 0 aliphatic carbocycles. The molecule has 158 valence electrons. The molecular formula is C21H28N2O4S2. The maximum atomic E-state index is 12.2. The van der Waals surface area contributed by atoms with Crippen molar-refractivity contribution in [1.82, 2.24) is 10.0 Å². The van der Waals surface area contributed by atoms with Crippen molar-refractivity contribution in [2.75, 3.05) is 19.4 Å². The number of nitrogens with one attached hydrogen (secondary N) is 2. The van der Waals surface area contributed by atoms with Crippen LogP contribution in [0.2, 0.25) is 0 Å². The predicted octanol–water partition coefficient (Wildman–Crippen LogP) is 3.74. The molecule has 1 atom stereocenters. The van der Waals surface area contributed by atoms with E-state index in [2.05, 4.69) is 10.0 Å². The molecule has 0 aliphatic heterocycles. The van der Waals surface area contributed by atoms with Crippen LogP contribution in [0.25, 0.3) is 0 Å². The highest BCUT2D eigenvalue weighted by Gasteiger charge is 2.14. The number of unbranched alkanes of at least 4 members (excludes halogenated alkanes) is 1. The molecule has 0 aromatic heterocycles. The minimum Gasteiger partial charge on any atom is -0.484 e. The van der Waals surface area contributed by atoms with Crippen molar-refractivity contribution in [2.24, 2.45) is 0 Å². The van der Waals surface area contributed by atoms with Crippen LogP contribution < -0.4 is 14.8 Å². The molecule has 0 heterocycles. The van der Waals surface area contributed by atoms with Gasteiger partial charge >= 0.3 is 0 Å². The molecule has 0 radical (unpaired) electrons. The second kappa shape index (κ2) is 11.2. The molecule has 0 aliphatic rings. The highest BCUT2D eigenvalue weighted by Crippen LogP contribution is 2.19. The molecule has 0 fully saturated rings. The minimum absolute atomic E-state index is 0.135. The van der Waals surface area contributed by atoms with E-state index < -0.39 is 10.0 Å². The van der Waals surface area contributed by atoms with Gasteiger partial charge in [-0.1, -0.05) is 25.5 Å². The highest BCUT2D eigenvalue weighted by atomic mass is 32.2. The number of hydrogen-bond donors (Lipinski definition) is 2. The number of benzene rings is 2. The fourth-order valence-electron chi connectivity index (χ4n) is 2.59. The molecule has 0 spiro atoms. The summed E-state index contributed by atoms with van der Waals surface area (Å²) in [6.45, 7) is 4.18. The molecule has 0 saturated heterocycles. The molecule has 0 unspecified atom stereocenters. The van der Waals surface area contributed by atoms with Crippen molar-refractivity contribution in [3.63, 3.8) is 0 Å². The van der Waals surface area contributed by atoms with Crippen LogP contribution in [0.1, 0.15) is 38.3 Å². The van der Waals surface area contributed by atoms with Gasteiger partial charge in [-0.2, -0.15) is 0 Å². The first-order valence-corrected chi connectivity index (χ1v) is 12.2. The van der Waals surface area contributed by atoms with E-state index in [9.17, 15) is 13.2 Å². The molecule has 2 N–H and O–H groups in total. The molecule has 2 aromatic rings. The van der Waals surface area contributed by atoms with Gasteiger partial charge in [-0.05, 0) is 61.6 Å². The number of ether oxygens (including phenoxy) is 1. The third kappa shape index (κ3) is 7.38. The fourth-order valence-corrected chi connectivity index (χ4v) is 4.07. The SMILES string of the molecule is CCCCNS(=O)(=O)c1ccc(OCC(=O)N[C@H](C)c2ccc(SC)cc2)cc1. The van der Waals surface area contributed by atoms with E-state index in [4.69, 9.17) is 4.74 Å². The van der Waals surface area contributed by atoms with Gasteiger partial charge in [0.2, 0.25) is 10.0 Å². The van der Waals surface area contributed by atoms with Gasteiger partial charge < -0.3 is 10.1 Å². The summed E-state index contributed by atoms with van der Waals surface area (Å²) in [4.78, 5) is 13.5. The first-order chi connectivity index (χ1) is 13.9. The zero-order valence-corrected chi connectivity index (χ0v) is 18.6. The Morgan fingerprint density at radius 3 is 2.34 bits per heavy atom. The third-order valence-corrected chi connectivity index (χ3v) is 6.54. The average molecular weight is 437 g/mol. The van der Waals surface area contributed by atoms with Crippen LogP contribution in [0.5, 0.6) is 5.75 Å². The van der Waals surface area contributed by atoms with Gasteiger partial charge in [-0.15, -0.1) is 11.8 Å². The van der Waals surface area contributed by atoms with Crippen molar-refractivity contribution >= 4 is 27.7 Å². The number of hydrogen-bond acceptors (Lipinski definition) is 5. The topological polar surface area (TPSA) is 84.5 Å². The highest BCUT2D eigenvalue weighted by molar-refractivity contribution is 7.98. The fraction of sp³-hybridized carbons (Fsp3) is 0.381. The number of carbonyl (C=O) groups excluding carboxylic acids is 1. The Bertz CT molecular complexity index is 882. The van der Waals surface area contributed by atoms with E-state index in [0.717, 1.165) is 18.4 Å². The monoisotopic (exact) mass is 436 g/mol. The van der Waals surface area contributed by atoms with E-state index in [-0.39, 0.29) is 23.5 Å². The summed E-state index contributed by atoms with van der Waals surface area (Å²) in [5.41, 5.74) is 1.02. The smallest absolute Gasteiger partial charge is 0.258 e. The van der Waals surface area contributed by atoms with E-state index >= 15 is 0 Å². The standard InChI is InChI=1S/C21H28N2O4S2/c1-4-5-14-22-29(25,26)20-12-8-18(9-13-20)27-15-21(24)23-16(2)17-6-10-19(28-3)11-7-17/h6-13,16,22H,4-5,14-15H2,1-3H3,(H,23,24)/t16-/m1/s1. The maximum Gasteiger partial charge on any atom is 0.258 e. The summed E-state index contributed by atoms with van der Waals surface area (Å²) in [7, 11) is -3.52. The molecule has 2 aromatic carbocycles. The average Bonchev–Trinajstić information content (AvgIpc) is 2.72. The summed E-state index contributed by atoms with van der Waals surface area (Å²) in [6.07, 6.45) is 3.72. The van der Waals surface area contributed by atoms with Crippen molar-refractivity contribution in [3.8, 4) is 5.75 Å². The number of amides is 1. The first kappa shape index (κ1) is 23.3. The Labute approximate surface area is 177 Å². The Morgan fingerprint density at radius 1 is 1.10 bits per heavy atom. The van der Waals surface area contributed by atoms with Gasteiger partial charge in [-0.3, -0.25) is 4.79 Å². The van der Waals surface area contributed by atoms with Crippen LogP contribution in [0, 0.1) is 0 Å². The molecule has 2 rings (SSSR count). The Hall–Kier alpha value is -2.03. The molecule has 1 amide bonds. The molecule has 0 saturated carbocycles. The maximum absolute atomic E-state index is 12.2. The van der Waals surface area contributed by atoms with Crippen molar-refractivity contribution in [2.45, 2.75) is 42.5 Å². The van der Waals surface area contributed by atoms with Gasteiger partial charge in [-0.25, -0.2) is 13.1 Å². The first-order valence-electron chi connectivity index (χ1n) is 9.51. The van der Waals surface area contributed by atoms with Gasteiger partial charge in [0.1, 0.15) is 5.75 Å². The molecule has 29 heavy (non-hydrogen) atoms. The normalized spacial score (nSPS) is 12.4. The molecular weight excluding hydrogens is 408 g/mol. The second-order valence-corrected chi connectivity index (χ2v) is 9.22. The number of sulfonamides is 1. The van der Waals surface area contributed by atoms with Gasteiger partial charge in [0, 0.05) is 11.4 Å². The van der Waals surface area contributed by atoms with Crippen LogP contribution in [0.4, 0.5) is 0 Å². The Balaban J connectivity index is 1.85. The van der Waals surface area contributed by atoms with Crippen molar-refractivity contribution < 1.29 is 17.9 Å². The summed E-state index contributed by atoms with van der Waals surface area (Å²) < 4.78 is 32.4. The Morgan fingerprint density at radius 2 is 1.76 bits per heavy atom. The van der Waals surface area contributed by atoms with Crippen LogP contribution in [-0.4, -0.2) is 33.7 Å². The van der Waals surface area contributed by atoms with Crippen LogP contribution in [0.15, 0.2) is 58.3 Å². The summed E-state index contributed by atoms with van der Waals surface area (Å²) in [5.74, 6) is 0.189. The quantitative estimate of drug-likeness (QED) is 0.414. The Kier molecular flexibility index (Phi) is 9.00. The number of rotatable bonds is 11. The second-order valence-electron chi connectivity index (χ2n) is 6.57. The summed E-state index contributed by atoms with van der Waals surface area (Å²) >= 11 is 1.67. The van der Waals surface area contributed by atoms with Crippen LogP contribution in [-0.2, 0) is 14.8 Å². The van der Waals surface area contributed by atoms with E-state index in [1.54, 1.807) is 23.9 Å². The third-order valence-electron chi connectivity index (χ3n) is 4.32. The summed E-state index contributed by atoms with van der Waals surface area (Å²) in [5, 5.41) is 2.89. The number of thioether (sulfide) groups is 1. The van der Waals surface area contributed by atoms with Crippen molar-refractivity contribution in [1.29, 1.82) is 0 Å². The van der Waals surface area contributed by atoms with Crippen molar-refractivity contribution in [3.05, 3.63) is 54.1 Å². The molecule has 6 nitrogen and oxygen atoms in total. The molecule has 0 bridgehead atoms. The molecule has 8 heteroatoms. The van der Waals surface area contributed by atoms with E-state index in [1.165, 1.54) is 17.0 Å². The lowest BCUT2D eigenvalue weighted by atomic mass is 10.1. The van der Waals surface area contributed by atoms with Crippen LogP contribution >= 0.6 is 11.8 Å². The number of carbonyl (C=O) groups is 1. The van der Waals surface area contributed by atoms with Gasteiger partial charge in [0.05, 0.1) is 10.9 Å². The largest absolute Gasteiger partial charge is 0.484 e. The van der Waals surface area contributed by atoms with E-state index in [1.807, 2.05) is 44.4 Å². The lowest BCUT2D eigenvalue weighted by Gasteiger charge is -2.15. The zero-order chi connectivity index (χ0) is 21.3. The van der Waals surface area contributed by atoms with Gasteiger partial charge in [0.25, 0.3) is 5.91 Å². The van der Waals surface area contributed by atoms with E-state index in [0.29, 0.717) is 12.3 Å². The van der Waals surface area contributed by atoms with Crippen LogP contribution in [0.3, 0.4) is 0 Å². The van der Waals surface area contributed by atoms with Gasteiger partial charge in [0.15, 0.2) is 6.61 Å². The summed E-state index contributed by atoms with van der Waals surface area (Å²) in [6, 6.07) is 13.9. The minimum atomic E-state index is -3.52. The predicted molar refractivity (Wildman–Crippen MR) is 117 cm³/mol.